The van der Waals surface area contributed by atoms with Crippen LogP contribution in [-0.2, 0) is 10.0 Å². The Kier molecular flexibility index (Phi) is 6.12. The highest BCUT2D eigenvalue weighted by Crippen LogP contribution is 2.19. The number of rotatable bonds is 6. The van der Waals surface area contributed by atoms with Crippen molar-refractivity contribution in [2.24, 2.45) is 0 Å². The number of carbonyl (C=O) groups excluding carboxylic acids is 1. The molecule has 1 atom stereocenters. The number of nitrogens with one attached hydrogen (secondary N) is 2. The molecule has 30 heavy (non-hydrogen) atoms. The van der Waals surface area contributed by atoms with E-state index in [0.717, 1.165) is 24.3 Å². The molecule has 5 nitrogen and oxygen atoms in total. The minimum absolute atomic E-state index is 0.0861. The molecule has 0 aliphatic carbocycles. The first-order chi connectivity index (χ1) is 14.2. The Morgan fingerprint density at radius 3 is 2.10 bits per heavy atom. The van der Waals surface area contributed by atoms with Crippen LogP contribution in [0.25, 0.3) is 0 Å². The summed E-state index contributed by atoms with van der Waals surface area (Å²) in [6.07, 6.45) is 0. The van der Waals surface area contributed by atoms with E-state index in [1.54, 1.807) is 6.92 Å². The molecule has 3 aromatic rings. The monoisotopic (exact) mass is 434 g/mol. The van der Waals surface area contributed by atoms with Gasteiger partial charge in [-0.3, -0.25) is 9.52 Å². The van der Waals surface area contributed by atoms with Crippen LogP contribution in [-0.4, -0.2) is 14.3 Å². The second-order valence-electron chi connectivity index (χ2n) is 6.51. The van der Waals surface area contributed by atoms with Gasteiger partial charge in [-0.25, -0.2) is 21.6 Å². The summed E-state index contributed by atoms with van der Waals surface area (Å²) in [5.41, 5.74) is 0.758. The molecule has 156 valence electrons. The summed E-state index contributed by atoms with van der Waals surface area (Å²) >= 11 is 0. The van der Waals surface area contributed by atoms with Gasteiger partial charge < -0.3 is 5.32 Å². The first kappa shape index (κ1) is 21.4. The van der Waals surface area contributed by atoms with Crippen LogP contribution in [0.15, 0.2) is 71.6 Å². The second-order valence-corrected chi connectivity index (χ2v) is 8.19. The van der Waals surface area contributed by atoms with Gasteiger partial charge in [-0.1, -0.05) is 6.07 Å². The minimum atomic E-state index is -3.92. The maximum Gasteiger partial charge on any atom is 0.261 e. The van der Waals surface area contributed by atoms with Crippen molar-refractivity contribution in [2.45, 2.75) is 17.9 Å². The smallest absolute Gasteiger partial charge is 0.261 e. The first-order valence-corrected chi connectivity index (χ1v) is 10.3. The van der Waals surface area contributed by atoms with E-state index in [9.17, 15) is 26.4 Å². The number of carbonyl (C=O) groups is 1. The van der Waals surface area contributed by atoms with Crippen LogP contribution >= 0.6 is 0 Å². The van der Waals surface area contributed by atoms with Gasteiger partial charge in [-0.15, -0.1) is 0 Å². The number of sulfonamides is 1. The summed E-state index contributed by atoms with van der Waals surface area (Å²) in [5, 5.41) is 2.63. The van der Waals surface area contributed by atoms with E-state index >= 15 is 0 Å². The Morgan fingerprint density at radius 2 is 1.50 bits per heavy atom. The fourth-order valence-corrected chi connectivity index (χ4v) is 3.72. The molecule has 0 radical (unpaired) electrons. The quantitative estimate of drug-likeness (QED) is 0.604. The number of halogens is 3. The van der Waals surface area contributed by atoms with Gasteiger partial charge in [0.2, 0.25) is 0 Å². The Labute approximate surface area is 171 Å². The third kappa shape index (κ3) is 4.98. The molecular weight excluding hydrogens is 417 g/mol. The summed E-state index contributed by atoms with van der Waals surface area (Å²) < 4.78 is 66.5. The van der Waals surface area contributed by atoms with Gasteiger partial charge in [0.15, 0.2) is 11.6 Å². The molecule has 1 unspecified atom stereocenters. The van der Waals surface area contributed by atoms with Crippen molar-refractivity contribution in [3.05, 3.63) is 95.3 Å². The molecule has 3 aromatic carbocycles. The summed E-state index contributed by atoms with van der Waals surface area (Å²) in [6.45, 7) is 1.61. The van der Waals surface area contributed by atoms with Gasteiger partial charge in [-0.2, -0.15) is 0 Å². The van der Waals surface area contributed by atoms with Crippen LogP contribution in [0, 0.1) is 17.5 Å². The predicted molar refractivity (Wildman–Crippen MR) is 106 cm³/mol. The minimum Gasteiger partial charge on any atom is -0.346 e. The molecule has 0 bridgehead atoms. The molecule has 0 fully saturated rings. The zero-order chi connectivity index (χ0) is 21.9. The second kappa shape index (κ2) is 8.58. The fraction of sp³-hybridized carbons (Fsp3) is 0.0952. The van der Waals surface area contributed by atoms with Crippen LogP contribution in [0.4, 0.5) is 18.9 Å². The molecular formula is C21H17F3N2O3S. The van der Waals surface area contributed by atoms with Gasteiger partial charge in [-0.05, 0) is 73.2 Å². The van der Waals surface area contributed by atoms with Crippen molar-refractivity contribution >= 4 is 21.6 Å². The van der Waals surface area contributed by atoms with Gasteiger partial charge >= 0.3 is 0 Å². The lowest BCUT2D eigenvalue weighted by Gasteiger charge is -2.15. The van der Waals surface area contributed by atoms with Crippen LogP contribution in [0.2, 0.25) is 0 Å². The van der Waals surface area contributed by atoms with E-state index in [0.29, 0.717) is 5.56 Å². The van der Waals surface area contributed by atoms with Crippen molar-refractivity contribution < 1.29 is 26.4 Å². The molecule has 2 N–H and O–H groups in total. The summed E-state index contributed by atoms with van der Waals surface area (Å²) in [5.74, 6) is -3.01. The maximum absolute atomic E-state index is 13.4. The standard InChI is InChI=1S/C21H17F3N2O3S/c1-13(15-4-11-19(23)20(24)12-15)25-21(27)14-2-9-18(10-3-14)30(28,29)26-17-7-5-16(22)6-8-17/h2-13,26H,1H3,(H,25,27). The summed E-state index contributed by atoms with van der Waals surface area (Å²) in [6, 6.07) is 12.7. The average Bonchev–Trinajstić information content (AvgIpc) is 2.71. The molecule has 0 aliphatic heterocycles. The van der Waals surface area contributed by atoms with Crippen molar-refractivity contribution in [1.29, 1.82) is 0 Å². The van der Waals surface area contributed by atoms with Crippen molar-refractivity contribution in [1.82, 2.24) is 5.32 Å². The zero-order valence-electron chi connectivity index (χ0n) is 15.7. The van der Waals surface area contributed by atoms with Crippen LogP contribution in [0.3, 0.4) is 0 Å². The summed E-state index contributed by atoms with van der Waals surface area (Å²) in [7, 11) is -3.92. The number of hydrogen-bond acceptors (Lipinski definition) is 3. The number of anilines is 1. The Hall–Kier alpha value is -3.33. The van der Waals surface area contributed by atoms with Crippen molar-refractivity contribution in [3.8, 4) is 0 Å². The molecule has 0 spiro atoms. The number of benzene rings is 3. The third-order valence-electron chi connectivity index (χ3n) is 4.31. The number of hydrogen-bond donors (Lipinski definition) is 2. The van der Waals surface area contributed by atoms with E-state index in [2.05, 4.69) is 10.0 Å². The molecule has 9 heteroatoms. The van der Waals surface area contributed by atoms with E-state index in [1.807, 2.05) is 0 Å². The Bertz CT molecular complexity index is 1170. The van der Waals surface area contributed by atoms with E-state index in [4.69, 9.17) is 0 Å². The van der Waals surface area contributed by atoms with Crippen LogP contribution in [0.1, 0.15) is 28.9 Å². The van der Waals surface area contributed by atoms with E-state index in [1.165, 1.54) is 42.5 Å². The van der Waals surface area contributed by atoms with Gasteiger partial charge in [0.1, 0.15) is 5.82 Å². The molecule has 0 aromatic heterocycles. The third-order valence-corrected chi connectivity index (χ3v) is 5.71. The molecule has 0 aliphatic rings. The molecule has 1 amide bonds. The van der Waals surface area contributed by atoms with Crippen LogP contribution in [0.5, 0.6) is 0 Å². The maximum atomic E-state index is 13.4. The Balaban J connectivity index is 1.70. The topological polar surface area (TPSA) is 75.3 Å². The SMILES string of the molecule is CC(NC(=O)c1ccc(S(=O)(=O)Nc2ccc(F)cc2)cc1)c1ccc(F)c(F)c1. The van der Waals surface area contributed by atoms with Crippen LogP contribution < -0.4 is 10.0 Å². The molecule has 0 saturated carbocycles. The van der Waals surface area contributed by atoms with E-state index < -0.39 is 39.4 Å². The highest BCUT2D eigenvalue weighted by Gasteiger charge is 2.17. The van der Waals surface area contributed by atoms with Crippen molar-refractivity contribution in [2.75, 3.05) is 4.72 Å². The fourth-order valence-electron chi connectivity index (χ4n) is 2.66. The first-order valence-electron chi connectivity index (χ1n) is 8.80. The lowest BCUT2D eigenvalue weighted by atomic mass is 10.1. The number of amides is 1. The molecule has 0 saturated heterocycles. The van der Waals surface area contributed by atoms with Gasteiger partial charge in [0, 0.05) is 11.3 Å². The van der Waals surface area contributed by atoms with Gasteiger partial charge in [0.05, 0.1) is 10.9 Å². The molecule has 3 rings (SSSR count). The normalized spacial score (nSPS) is 12.3. The van der Waals surface area contributed by atoms with Gasteiger partial charge in [0.25, 0.3) is 15.9 Å². The predicted octanol–water partition coefficient (Wildman–Crippen LogP) is 4.40. The largest absolute Gasteiger partial charge is 0.346 e. The van der Waals surface area contributed by atoms with Crippen molar-refractivity contribution in [3.63, 3.8) is 0 Å². The average molecular weight is 434 g/mol. The zero-order valence-corrected chi connectivity index (χ0v) is 16.5. The lowest BCUT2D eigenvalue weighted by Crippen LogP contribution is -2.26. The van der Waals surface area contributed by atoms with E-state index in [-0.39, 0.29) is 16.1 Å². The molecule has 0 heterocycles. The summed E-state index contributed by atoms with van der Waals surface area (Å²) in [4.78, 5) is 12.3. The lowest BCUT2D eigenvalue weighted by molar-refractivity contribution is 0.0939. The highest BCUT2D eigenvalue weighted by molar-refractivity contribution is 7.92. The highest BCUT2D eigenvalue weighted by atomic mass is 32.2. The Morgan fingerprint density at radius 1 is 0.867 bits per heavy atom.